The number of hydrogen-bond acceptors (Lipinski definition) is 2. The second kappa shape index (κ2) is 3.98. The lowest BCUT2D eigenvalue weighted by Gasteiger charge is -2.03. The Kier molecular flexibility index (Phi) is 2.95. The van der Waals surface area contributed by atoms with Crippen molar-refractivity contribution in [1.29, 1.82) is 0 Å². The Morgan fingerprint density at radius 2 is 2.08 bits per heavy atom. The van der Waals surface area contributed by atoms with Crippen LogP contribution in [0.25, 0.3) is 0 Å². The van der Waals surface area contributed by atoms with Gasteiger partial charge in [0.15, 0.2) is 17.4 Å². The van der Waals surface area contributed by atoms with Crippen molar-refractivity contribution in [3.63, 3.8) is 0 Å². The Labute approximate surface area is 74.1 Å². The van der Waals surface area contributed by atoms with E-state index >= 15 is 0 Å². The van der Waals surface area contributed by atoms with E-state index in [9.17, 15) is 13.6 Å². The number of carbonyl (C=O) groups is 1. The van der Waals surface area contributed by atoms with Crippen LogP contribution in [-0.4, -0.2) is 12.4 Å². The van der Waals surface area contributed by atoms with Gasteiger partial charge in [0.1, 0.15) is 12.4 Å². The van der Waals surface area contributed by atoms with Gasteiger partial charge in [0, 0.05) is 6.07 Å². The summed E-state index contributed by atoms with van der Waals surface area (Å²) in [6, 6.07) is 3.12. The quantitative estimate of drug-likeness (QED) is 0.721. The normalized spacial score (nSPS) is 9.77. The molecule has 1 aromatic carbocycles. The van der Waals surface area contributed by atoms with Crippen molar-refractivity contribution in [2.75, 3.05) is 6.61 Å². The lowest BCUT2D eigenvalue weighted by Crippen LogP contribution is -2.06. The van der Waals surface area contributed by atoms with Crippen LogP contribution in [0.2, 0.25) is 0 Å². The number of ketones is 1. The second-order valence-electron chi connectivity index (χ2n) is 2.57. The molecule has 0 bridgehead atoms. The van der Waals surface area contributed by atoms with Gasteiger partial charge in [0.25, 0.3) is 0 Å². The molecule has 0 N–H and O–H groups in total. The van der Waals surface area contributed by atoms with E-state index in [1.54, 1.807) is 0 Å². The van der Waals surface area contributed by atoms with Crippen LogP contribution in [-0.2, 0) is 4.79 Å². The van der Waals surface area contributed by atoms with Crippen LogP contribution in [0.1, 0.15) is 6.92 Å². The van der Waals surface area contributed by atoms with Crippen LogP contribution in [0.4, 0.5) is 8.78 Å². The van der Waals surface area contributed by atoms with E-state index in [-0.39, 0.29) is 18.1 Å². The number of ether oxygens (including phenoxy) is 1. The van der Waals surface area contributed by atoms with Crippen LogP contribution >= 0.6 is 0 Å². The summed E-state index contributed by atoms with van der Waals surface area (Å²) in [5, 5.41) is 0. The third-order valence-electron chi connectivity index (χ3n) is 1.33. The molecule has 70 valence electrons. The van der Waals surface area contributed by atoms with Crippen LogP contribution in [0.15, 0.2) is 18.2 Å². The zero-order valence-corrected chi connectivity index (χ0v) is 7.01. The first-order chi connectivity index (χ1) is 6.09. The number of rotatable bonds is 3. The number of Topliss-reactive ketones (excluding diaryl/α,β-unsaturated/α-hetero) is 1. The number of halogens is 2. The molecule has 0 aliphatic carbocycles. The Morgan fingerprint density at radius 3 is 2.62 bits per heavy atom. The molecule has 0 atom stereocenters. The lowest BCUT2D eigenvalue weighted by atomic mass is 10.3. The molecule has 2 nitrogen and oxygen atoms in total. The van der Waals surface area contributed by atoms with E-state index in [0.29, 0.717) is 0 Å². The minimum Gasteiger partial charge on any atom is -0.486 e. The van der Waals surface area contributed by atoms with Crippen molar-refractivity contribution < 1.29 is 18.3 Å². The van der Waals surface area contributed by atoms with E-state index < -0.39 is 11.6 Å². The minimum absolute atomic E-state index is 0.134. The highest BCUT2D eigenvalue weighted by atomic mass is 19.2. The minimum atomic E-state index is -0.985. The van der Waals surface area contributed by atoms with Gasteiger partial charge < -0.3 is 4.74 Å². The summed E-state index contributed by atoms with van der Waals surface area (Å²) in [4.78, 5) is 10.5. The molecule has 1 aromatic rings. The molecule has 0 aliphatic rings. The summed E-state index contributed by atoms with van der Waals surface area (Å²) in [7, 11) is 0. The number of benzene rings is 1. The lowest BCUT2D eigenvalue weighted by molar-refractivity contribution is -0.118. The highest BCUT2D eigenvalue weighted by Crippen LogP contribution is 2.14. The van der Waals surface area contributed by atoms with Crippen LogP contribution in [0, 0.1) is 11.6 Å². The van der Waals surface area contributed by atoms with Crippen molar-refractivity contribution in [3.05, 3.63) is 29.8 Å². The molecule has 4 heteroatoms. The standard InChI is InChI=1S/C9H8F2O2/c1-6(12)5-13-7-2-3-8(10)9(11)4-7/h2-4H,5H2,1H3. The SMILES string of the molecule is CC(=O)COc1ccc(F)c(F)c1. The van der Waals surface area contributed by atoms with Crippen molar-refractivity contribution in [3.8, 4) is 5.75 Å². The fourth-order valence-electron chi connectivity index (χ4n) is 0.752. The fourth-order valence-corrected chi connectivity index (χ4v) is 0.752. The average Bonchev–Trinajstić information content (AvgIpc) is 2.07. The number of hydrogen-bond donors (Lipinski definition) is 0. The maximum absolute atomic E-state index is 12.6. The summed E-state index contributed by atoms with van der Waals surface area (Å²) in [5.74, 6) is -1.95. The molecule has 0 aliphatic heterocycles. The van der Waals surface area contributed by atoms with Gasteiger partial charge in [-0.15, -0.1) is 0 Å². The summed E-state index contributed by atoms with van der Waals surface area (Å²) in [6.07, 6.45) is 0. The fraction of sp³-hybridized carbons (Fsp3) is 0.222. The van der Waals surface area contributed by atoms with E-state index in [1.807, 2.05) is 0 Å². The Hall–Kier alpha value is -1.45. The molecule has 0 unspecified atom stereocenters. The first-order valence-corrected chi connectivity index (χ1v) is 3.67. The van der Waals surface area contributed by atoms with Gasteiger partial charge in [-0.3, -0.25) is 4.79 Å². The first kappa shape index (κ1) is 9.64. The second-order valence-corrected chi connectivity index (χ2v) is 2.57. The summed E-state index contributed by atoms with van der Waals surface area (Å²) < 4.78 is 29.8. The van der Waals surface area contributed by atoms with E-state index in [0.717, 1.165) is 12.1 Å². The summed E-state index contributed by atoms with van der Waals surface area (Å²) in [5.41, 5.74) is 0. The zero-order chi connectivity index (χ0) is 9.84. The Balaban J connectivity index is 2.68. The van der Waals surface area contributed by atoms with Crippen LogP contribution in [0.5, 0.6) is 5.75 Å². The third-order valence-corrected chi connectivity index (χ3v) is 1.33. The van der Waals surface area contributed by atoms with E-state index in [1.165, 1.54) is 13.0 Å². The van der Waals surface area contributed by atoms with Gasteiger partial charge in [-0.1, -0.05) is 0 Å². The zero-order valence-electron chi connectivity index (χ0n) is 7.01. The topological polar surface area (TPSA) is 26.3 Å². The third kappa shape index (κ3) is 2.82. The van der Waals surface area contributed by atoms with Gasteiger partial charge in [-0.05, 0) is 19.1 Å². The molecule has 0 aromatic heterocycles. The molecule has 0 fully saturated rings. The van der Waals surface area contributed by atoms with E-state index in [2.05, 4.69) is 0 Å². The van der Waals surface area contributed by atoms with Gasteiger partial charge in [-0.2, -0.15) is 0 Å². The summed E-state index contributed by atoms with van der Waals surface area (Å²) >= 11 is 0. The van der Waals surface area contributed by atoms with Gasteiger partial charge >= 0.3 is 0 Å². The largest absolute Gasteiger partial charge is 0.486 e. The van der Waals surface area contributed by atoms with Gasteiger partial charge in [0.2, 0.25) is 0 Å². The molecule has 13 heavy (non-hydrogen) atoms. The highest BCUT2D eigenvalue weighted by molar-refractivity contribution is 5.77. The van der Waals surface area contributed by atoms with Crippen molar-refractivity contribution in [2.24, 2.45) is 0 Å². The monoisotopic (exact) mass is 186 g/mol. The van der Waals surface area contributed by atoms with Crippen molar-refractivity contribution in [1.82, 2.24) is 0 Å². The predicted octanol–water partition coefficient (Wildman–Crippen LogP) is 1.93. The smallest absolute Gasteiger partial charge is 0.167 e. The van der Waals surface area contributed by atoms with Crippen molar-refractivity contribution in [2.45, 2.75) is 6.92 Å². The molecule has 1 rings (SSSR count). The molecule has 0 radical (unpaired) electrons. The van der Waals surface area contributed by atoms with Crippen LogP contribution < -0.4 is 4.74 Å². The molecule has 0 saturated heterocycles. The maximum Gasteiger partial charge on any atom is 0.167 e. The Bertz CT molecular complexity index is 323. The summed E-state index contributed by atoms with van der Waals surface area (Å²) in [6.45, 7) is 1.21. The molecular weight excluding hydrogens is 178 g/mol. The number of carbonyl (C=O) groups excluding carboxylic acids is 1. The Morgan fingerprint density at radius 1 is 1.38 bits per heavy atom. The average molecular weight is 186 g/mol. The van der Waals surface area contributed by atoms with E-state index in [4.69, 9.17) is 4.74 Å². The molecule has 0 spiro atoms. The van der Waals surface area contributed by atoms with Gasteiger partial charge in [-0.25, -0.2) is 8.78 Å². The van der Waals surface area contributed by atoms with Gasteiger partial charge in [0.05, 0.1) is 0 Å². The van der Waals surface area contributed by atoms with Crippen molar-refractivity contribution >= 4 is 5.78 Å². The molecule has 0 heterocycles. The highest BCUT2D eigenvalue weighted by Gasteiger charge is 2.03. The predicted molar refractivity (Wildman–Crippen MR) is 42.5 cm³/mol. The molecule has 0 amide bonds. The first-order valence-electron chi connectivity index (χ1n) is 3.67. The molecule has 0 saturated carbocycles. The maximum atomic E-state index is 12.6. The molecular formula is C9H8F2O2. The van der Waals surface area contributed by atoms with Crippen LogP contribution in [0.3, 0.4) is 0 Å².